The first-order valence-corrected chi connectivity index (χ1v) is 7.90. The molecule has 0 unspecified atom stereocenters. The molecule has 128 valence electrons. The van der Waals surface area contributed by atoms with Gasteiger partial charge in [-0.2, -0.15) is 5.26 Å². The van der Waals surface area contributed by atoms with E-state index in [1.165, 1.54) is 19.3 Å². The maximum Gasteiger partial charge on any atom is 0.203 e. The van der Waals surface area contributed by atoms with Crippen molar-refractivity contribution in [3.05, 3.63) is 64.7 Å². The van der Waals surface area contributed by atoms with Gasteiger partial charge in [0, 0.05) is 5.56 Å². The van der Waals surface area contributed by atoms with Crippen LogP contribution in [0.5, 0.6) is 11.5 Å². The number of ketones is 1. The zero-order chi connectivity index (χ0) is 18.6. The van der Waals surface area contributed by atoms with Gasteiger partial charge in [-0.05, 0) is 34.8 Å². The summed E-state index contributed by atoms with van der Waals surface area (Å²) < 4.78 is 4.98. The molecule has 0 aliphatic rings. The van der Waals surface area contributed by atoms with E-state index < -0.39 is 0 Å². The molecule has 0 bridgehead atoms. The predicted molar refractivity (Wildman–Crippen MR) is 97.7 cm³/mol. The number of methoxy groups -OCH3 is 1. The molecule has 0 saturated heterocycles. The normalized spacial score (nSPS) is 11.7. The van der Waals surface area contributed by atoms with Gasteiger partial charge in [0.05, 0.1) is 7.11 Å². The number of hydrogen-bond donors (Lipinski definition) is 1. The van der Waals surface area contributed by atoms with Crippen LogP contribution in [0.4, 0.5) is 0 Å². The van der Waals surface area contributed by atoms with Gasteiger partial charge < -0.3 is 9.84 Å². The highest BCUT2D eigenvalue weighted by molar-refractivity contribution is 6.14. The molecule has 0 fully saturated rings. The number of phenolic OH excluding ortho intramolecular Hbond substituents is 1. The minimum Gasteiger partial charge on any atom is -0.504 e. The molecular weight excluding hydrogens is 314 g/mol. The molecule has 1 N–H and O–H groups in total. The molecule has 0 aliphatic carbocycles. The fourth-order valence-corrected chi connectivity index (χ4v) is 2.39. The summed E-state index contributed by atoms with van der Waals surface area (Å²) in [7, 11) is 1.45. The van der Waals surface area contributed by atoms with Gasteiger partial charge in [0.2, 0.25) is 5.78 Å². The Morgan fingerprint density at radius 1 is 1.16 bits per heavy atom. The maximum atomic E-state index is 12.6. The highest BCUT2D eigenvalue weighted by Gasteiger charge is 2.16. The number of aromatic hydroxyl groups is 1. The third-order valence-electron chi connectivity index (χ3n) is 3.89. The Labute approximate surface area is 148 Å². The second-order valence-electron chi connectivity index (χ2n) is 6.76. The zero-order valence-electron chi connectivity index (χ0n) is 14.8. The second kappa shape index (κ2) is 7.23. The van der Waals surface area contributed by atoms with E-state index in [-0.39, 0.29) is 22.5 Å². The van der Waals surface area contributed by atoms with E-state index in [2.05, 4.69) is 20.8 Å². The molecule has 25 heavy (non-hydrogen) atoms. The van der Waals surface area contributed by atoms with Gasteiger partial charge >= 0.3 is 0 Å². The molecule has 0 spiro atoms. The van der Waals surface area contributed by atoms with Crippen LogP contribution in [-0.2, 0) is 5.41 Å². The van der Waals surface area contributed by atoms with Crippen molar-refractivity contribution >= 4 is 11.9 Å². The maximum absolute atomic E-state index is 12.6. The number of phenols is 1. The van der Waals surface area contributed by atoms with Crippen molar-refractivity contribution in [1.82, 2.24) is 0 Å². The third kappa shape index (κ3) is 4.27. The second-order valence-corrected chi connectivity index (χ2v) is 6.76. The summed E-state index contributed by atoms with van der Waals surface area (Å²) in [6, 6.07) is 13.9. The highest BCUT2D eigenvalue weighted by Crippen LogP contribution is 2.28. The molecule has 0 heterocycles. The Morgan fingerprint density at radius 2 is 1.80 bits per heavy atom. The first-order valence-electron chi connectivity index (χ1n) is 7.90. The number of nitrogens with zero attached hydrogens (tertiary/aromatic N) is 1. The number of rotatable bonds is 4. The number of allylic oxidation sites excluding steroid dienone is 1. The van der Waals surface area contributed by atoms with E-state index in [9.17, 15) is 15.2 Å². The summed E-state index contributed by atoms with van der Waals surface area (Å²) >= 11 is 0. The summed E-state index contributed by atoms with van der Waals surface area (Å²) in [5.41, 5.74) is 2.13. The van der Waals surface area contributed by atoms with Gasteiger partial charge in [0.1, 0.15) is 11.6 Å². The number of ether oxygens (including phenoxy) is 1. The number of Topliss-reactive ketones (excluding diaryl/α,β-unsaturated/α-hetero) is 1. The van der Waals surface area contributed by atoms with Crippen LogP contribution in [0.25, 0.3) is 6.08 Å². The van der Waals surface area contributed by atoms with E-state index in [0.717, 1.165) is 5.56 Å². The van der Waals surface area contributed by atoms with Crippen molar-refractivity contribution < 1.29 is 14.6 Å². The Bertz CT molecular complexity index is 850. The SMILES string of the molecule is COc1ccc(/C=C(\C#N)C(=O)c2ccc(C(C)(C)C)cc2)cc1O. The molecule has 4 heteroatoms. The quantitative estimate of drug-likeness (QED) is 0.508. The standard InChI is InChI=1S/C21H21NO3/c1-21(2,3)17-8-6-15(7-9-17)20(24)16(13-22)11-14-5-10-19(25-4)18(23)12-14/h5-12,23H,1-4H3/b16-11+. The van der Waals surface area contributed by atoms with Crippen LogP contribution < -0.4 is 4.74 Å². The predicted octanol–water partition coefficient (Wildman–Crippen LogP) is 4.49. The lowest BCUT2D eigenvalue weighted by Gasteiger charge is -2.18. The lowest BCUT2D eigenvalue weighted by atomic mass is 9.86. The molecular formula is C21H21NO3. The average Bonchev–Trinajstić information content (AvgIpc) is 2.58. The van der Waals surface area contributed by atoms with Crippen molar-refractivity contribution in [1.29, 1.82) is 5.26 Å². The van der Waals surface area contributed by atoms with E-state index >= 15 is 0 Å². The van der Waals surface area contributed by atoms with E-state index in [1.54, 1.807) is 24.3 Å². The molecule has 0 aliphatic heterocycles. The number of nitriles is 1. The molecule has 2 aromatic rings. The van der Waals surface area contributed by atoms with Gasteiger partial charge in [-0.3, -0.25) is 4.79 Å². The van der Waals surface area contributed by atoms with Gasteiger partial charge in [0.15, 0.2) is 11.5 Å². The third-order valence-corrected chi connectivity index (χ3v) is 3.89. The Balaban J connectivity index is 2.32. The van der Waals surface area contributed by atoms with Gasteiger partial charge in [-0.15, -0.1) is 0 Å². The van der Waals surface area contributed by atoms with Crippen LogP contribution in [0, 0.1) is 11.3 Å². The van der Waals surface area contributed by atoms with Crippen LogP contribution in [0.3, 0.4) is 0 Å². The number of hydrogen-bond acceptors (Lipinski definition) is 4. The van der Waals surface area contributed by atoms with E-state index in [4.69, 9.17) is 4.74 Å². The molecule has 0 amide bonds. The number of benzene rings is 2. The molecule has 0 aromatic heterocycles. The van der Waals surface area contributed by atoms with Crippen molar-refractivity contribution in [2.24, 2.45) is 0 Å². The molecule has 4 nitrogen and oxygen atoms in total. The summed E-state index contributed by atoms with van der Waals surface area (Å²) in [6.45, 7) is 6.29. The van der Waals surface area contributed by atoms with Gasteiger partial charge in [0.25, 0.3) is 0 Å². The van der Waals surface area contributed by atoms with E-state index in [0.29, 0.717) is 16.9 Å². The first kappa shape index (κ1) is 18.3. The van der Waals surface area contributed by atoms with Crippen LogP contribution >= 0.6 is 0 Å². The Hall–Kier alpha value is -3.06. The summed E-state index contributed by atoms with van der Waals surface area (Å²) in [4.78, 5) is 12.6. The minimum atomic E-state index is -0.349. The highest BCUT2D eigenvalue weighted by atomic mass is 16.5. The molecule has 2 rings (SSSR count). The van der Waals surface area contributed by atoms with E-state index in [1.807, 2.05) is 18.2 Å². The van der Waals surface area contributed by atoms with Gasteiger partial charge in [-0.25, -0.2) is 0 Å². The molecule has 0 saturated carbocycles. The van der Waals surface area contributed by atoms with Crippen LogP contribution in [0.2, 0.25) is 0 Å². The summed E-state index contributed by atoms with van der Waals surface area (Å²) in [5.74, 6) is -0.0615. The number of carbonyl (C=O) groups is 1. The largest absolute Gasteiger partial charge is 0.504 e. The van der Waals surface area contributed by atoms with Crippen LogP contribution in [0.1, 0.15) is 42.3 Å². The Morgan fingerprint density at radius 3 is 2.28 bits per heavy atom. The number of carbonyl (C=O) groups excluding carboxylic acids is 1. The van der Waals surface area contributed by atoms with Crippen LogP contribution in [-0.4, -0.2) is 18.0 Å². The van der Waals surface area contributed by atoms with Gasteiger partial charge in [-0.1, -0.05) is 51.1 Å². The van der Waals surface area contributed by atoms with Crippen molar-refractivity contribution in [2.45, 2.75) is 26.2 Å². The van der Waals surface area contributed by atoms with Crippen molar-refractivity contribution in [3.8, 4) is 17.6 Å². The van der Waals surface area contributed by atoms with Crippen molar-refractivity contribution in [3.63, 3.8) is 0 Å². The fourth-order valence-electron chi connectivity index (χ4n) is 2.39. The first-order chi connectivity index (χ1) is 11.8. The topological polar surface area (TPSA) is 70.3 Å². The minimum absolute atomic E-state index is 0.00387. The Kier molecular flexibility index (Phi) is 5.29. The lowest BCUT2D eigenvalue weighted by molar-refractivity contribution is 0.104. The van der Waals surface area contributed by atoms with Crippen molar-refractivity contribution in [2.75, 3.05) is 7.11 Å². The zero-order valence-corrected chi connectivity index (χ0v) is 14.8. The smallest absolute Gasteiger partial charge is 0.203 e. The molecule has 0 atom stereocenters. The molecule has 0 radical (unpaired) electrons. The van der Waals surface area contributed by atoms with Crippen LogP contribution in [0.15, 0.2) is 48.0 Å². The fraction of sp³-hybridized carbons (Fsp3) is 0.238. The lowest BCUT2D eigenvalue weighted by Crippen LogP contribution is -2.11. The summed E-state index contributed by atoms with van der Waals surface area (Å²) in [5, 5.41) is 19.2. The molecule has 2 aromatic carbocycles. The summed E-state index contributed by atoms with van der Waals surface area (Å²) in [6.07, 6.45) is 1.46. The average molecular weight is 335 g/mol. The monoisotopic (exact) mass is 335 g/mol.